The number of ether oxygens (including phenoxy) is 1. The van der Waals surface area contributed by atoms with Crippen LogP contribution in [0.25, 0.3) is 22.8 Å². The number of rotatable bonds is 5. The molecule has 4 rings (SSSR count). The molecule has 0 aliphatic rings. The predicted octanol–water partition coefficient (Wildman–Crippen LogP) is 6.58. The van der Waals surface area contributed by atoms with E-state index >= 15 is 0 Å². The largest absolute Gasteiger partial charge is 0.497 e. The summed E-state index contributed by atoms with van der Waals surface area (Å²) in [5, 5.41) is 3.65. The zero-order valence-electron chi connectivity index (χ0n) is 15.9. The molecule has 1 amide bonds. The quantitative estimate of drug-likeness (QED) is 0.382. The monoisotopic (exact) mass is 438 g/mol. The Hall–Kier alpha value is -3.28. The van der Waals surface area contributed by atoms with E-state index in [9.17, 15) is 4.79 Å². The van der Waals surface area contributed by atoms with Crippen LogP contribution < -0.4 is 10.1 Å². The van der Waals surface area contributed by atoms with Crippen LogP contribution in [0.3, 0.4) is 0 Å². The maximum absolute atomic E-state index is 12.9. The smallest absolute Gasteiger partial charge is 0.256 e. The first kappa shape index (κ1) is 20.0. The number of benzene rings is 3. The van der Waals surface area contributed by atoms with Gasteiger partial charge in [-0.1, -0.05) is 35.3 Å². The van der Waals surface area contributed by atoms with Gasteiger partial charge >= 0.3 is 0 Å². The highest BCUT2D eigenvalue weighted by Gasteiger charge is 2.18. The SMILES string of the molecule is COc1ccc(-c2cnc(-c3ccccc3C(=O)Nc3ccc(Cl)cc3Cl)o2)cc1. The van der Waals surface area contributed by atoms with Crippen molar-refractivity contribution in [3.63, 3.8) is 0 Å². The summed E-state index contributed by atoms with van der Waals surface area (Å²) >= 11 is 12.1. The van der Waals surface area contributed by atoms with Crippen molar-refractivity contribution in [3.05, 3.63) is 88.5 Å². The number of hydrogen-bond acceptors (Lipinski definition) is 4. The molecule has 30 heavy (non-hydrogen) atoms. The van der Waals surface area contributed by atoms with Gasteiger partial charge in [0.05, 0.1) is 29.6 Å². The van der Waals surface area contributed by atoms with Gasteiger partial charge in [0.25, 0.3) is 5.91 Å². The Bertz CT molecular complexity index is 1200. The van der Waals surface area contributed by atoms with Gasteiger partial charge in [0.2, 0.25) is 5.89 Å². The van der Waals surface area contributed by atoms with Gasteiger partial charge in [0.15, 0.2) is 5.76 Å². The van der Waals surface area contributed by atoms with E-state index in [1.807, 2.05) is 30.3 Å². The van der Waals surface area contributed by atoms with Gasteiger partial charge in [0.1, 0.15) is 5.75 Å². The van der Waals surface area contributed by atoms with Crippen molar-refractivity contribution in [2.24, 2.45) is 0 Å². The standard InChI is InChI=1S/C23H16Cl2N2O3/c1-29-16-9-6-14(7-10-16)21-13-26-23(30-21)18-5-3-2-4-17(18)22(28)27-20-11-8-15(24)12-19(20)25/h2-13H,1H3,(H,27,28). The molecule has 0 atom stereocenters. The summed E-state index contributed by atoms with van der Waals surface area (Å²) in [6.45, 7) is 0. The van der Waals surface area contributed by atoms with E-state index in [1.54, 1.807) is 49.7 Å². The normalized spacial score (nSPS) is 10.6. The van der Waals surface area contributed by atoms with Gasteiger partial charge in [-0.2, -0.15) is 0 Å². The van der Waals surface area contributed by atoms with Crippen molar-refractivity contribution in [3.8, 4) is 28.5 Å². The average Bonchev–Trinajstić information content (AvgIpc) is 3.26. The van der Waals surface area contributed by atoms with Gasteiger partial charge in [-0.05, 0) is 54.6 Å². The minimum Gasteiger partial charge on any atom is -0.497 e. The summed E-state index contributed by atoms with van der Waals surface area (Å²) in [5.74, 6) is 1.35. The van der Waals surface area contributed by atoms with Crippen molar-refractivity contribution < 1.29 is 13.9 Å². The van der Waals surface area contributed by atoms with Crippen LogP contribution >= 0.6 is 23.2 Å². The fourth-order valence-corrected chi connectivity index (χ4v) is 3.39. The molecule has 3 aromatic carbocycles. The molecule has 0 saturated carbocycles. The van der Waals surface area contributed by atoms with Crippen molar-refractivity contribution in [2.45, 2.75) is 0 Å². The molecule has 0 saturated heterocycles. The second kappa shape index (κ2) is 8.61. The molecule has 1 heterocycles. The first-order valence-electron chi connectivity index (χ1n) is 9.01. The molecule has 0 unspecified atom stereocenters. The summed E-state index contributed by atoms with van der Waals surface area (Å²) in [5.41, 5.74) is 2.29. The Labute approximate surface area is 183 Å². The van der Waals surface area contributed by atoms with Gasteiger partial charge in [-0.3, -0.25) is 4.79 Å². The Morgan fingerprint density at radius 1 is 1.03 bits per heavy atom. The van der Waals surface area contributed by atoms with Crippen LogP contribution in [0.4, 0.5) is 5.69 Å². The van der Waals surface area contributed by atoms with Crippen LogP contribution in [0.5, 0.6) is 5.75 Å². The summed E-state index contributed by atoms with van der Waals surface area (Å²) in [7, 11) is 1.61. The number of halogens is 2. The third-order valence-corrected chi connectivity index (χ3v) is 5.01. The van der Waals surface area contributed by atoms with Crippen molar-refractivity contribution >= 4 is 34.8 Å². The van der Waals surface area contributed by atoms with Crippen molar-refractivity contribution in [1.29, 1.82) is 0 Å². The summed E-state index contributed by atoms with van der Waals surface area (Å²) < 4.78 is 11.1. The number of methoxy groups -OCH3 is 1. The van der Waals surface area contributed by atoms with E-state index in [-0.39, 0.29) is 5.91 Å². The average molecular weight is 439 g/mol. The third kappa shape index (κ3) is 4.17. The zero-order valence-corrected chi connectivity index (χ0v) is 17.4. The predicted molar refractivity (Wildman–Crippen MR) is 118 cm³/mol. The molecule has 0 spiro atoms. The number of hydrogen-bond donors (Lipinski definition) is 1. The second-order valence-corrected chi connectivity index (χ2v) is 7.23. The lowest BCUT2D eigenvalue weighted by Gasteiger charge is -2.10. The zero-order chi connectivity index (χ0) is 21.1. The number of carbonyl (C=O) groups is 1. The molecule has 0 aliphatic heterocycles. The topological polar surface area (TPSA) is 64.4 Å². The van der Waals surface area contributed by atoms with E-state index in [2.05, 4.69) is 10.3 Å². The maximum atomic E-state index is 12.9. The van der Waals surface area contributed by atoms with Crippen molar-refractivity contribution in [1.82, 2.24) is 4.98 Å². The lowest BCUT2D eigenvalue weighted by molar-refractivity contribution is 0.102. The Morgan fingerprint density at radius 2 is 1.80 bits per heavy atom. The minimum absolute atomic E-state index is 0.334. The van der Waals surface area contributed by atoms with Crippen LogP contribution in [-0.4, -0.2) is 18.0 Å². The fourth-order valence-electron chi connectivity index (χ4n) is 2.94. The lowest BCUT2D eigenvalue weighted by Crippen LogP contribution is -2.13. The van der Waals surface area contributed by atoms with Crippen LogP contribution in [0.1, 0.15) is 10.4 Å². The second-order valence-electron chi connectivity index (χ2n) is 6.38. The minimum atomic E-state index is -0.334. The van der Waals surface area contributed by atoms with Gasteiger partial charge in [0, 0.05) is 16.1 Å². The highest BCUT2D eigenvalue weighted by atomic mass is 35.5. The molecule has 0 fully saturated rings. The molecule has 0 radical (unpaired) electrons. The summed E-state index contributed by atoms with van der Waals surface area (Å²) in [4.78, 5) is 17.3. The van der Waals surface area contributed by atoms with Gasteiger partial charge in [-0.25, -0.2) is 4.98 Å². The van der Waals surface area contributed by atoms with Gasteiger partial charge < -0.3 is 14.5 Å². The van der Waals surface area contributed by atoms with E-state index in [0.717, 1.165) is 11.3 Å². The molecule has 0 aliphatic carbocycles. The number of amides is 1. The Kier molecular flexibility index (Phi) is 5.74. The Balaban J connectivity index is 1.63. The summed E-state index contributed by atoms with van der Waals surface area (Å²) in [6.07, 6.45) is 1.63. The maximum Gasteiger partial charge on any atom is 0.256 e. The van der Waals surface area contributed by atoms with Crippen LogP contribution in [0, 0.1) is 0 Å². The van der Waals surface area contributed by atoms with Gasteiger partial charge in [-0.15, -0.1) is 0 Å². The Morgan fingerprint density at radius 3 is 2.53 bits per heavy atom. The number of nitrogens with one attached hydrogen (secondary N) is 1. The van der Waals surface area contributed by atoms with Crippen LogP contribution in [0.15, 0.2) is 77.3 Å². The number of carbonyl (C=O) groups excluding carboxylic acids is 1. The highest BCUT2D eigenvalue weighted by Crippen LogP contribution is 2.31. The van der Waals surface area contributed by atoms with E-state index in [4.69, 9.17) is 32.4 Å². The molecule has 150 valence electrons. The van der Waals surface area contributed by atoms with Crippen LogP contribution in [-0.2, 0) is 0 Å². The van der Waals surface area contributed by atoms with Crippen LogP contribution in [0.2, 0.25) is 10.0 Å². The molecule has 4 aromatic rings. The molecular weight excluding hydrogens is 423 g/mol. The number of nitrogens with zero attached hydrogens (tertiary/aromatic N) is 1. The highest BCUT2D eigenvalue weighted by molar-refractivity contribution is 6.36. The van der Waals surface area contributed by atoms with E-state index in [0.29, 0.717) is 38.5 Å². The molecular formula is C23H16Cl2N2O3. The molecule has 7 heteroatoms. The fraction of sp³-hybridized carbons (Fsp3) is 0.0435. The molecule has 5 nitrogen and oxygen atoms in total. The molecule has 1 aromatic heterocycles. The molecule has 1 N–H and O–H groups in total. The van der Waals surface area contributed by atoms with E-state index < -0.39 is 0 Å². The summed E-state index contributed by atoms with van der Waals surface area (Å²) in [6, 6.07) is 19.4. The number of anilines is 1. The van der Waals surface area contributed by atoms with Crippen molar-refractivity contribution in [2.75, 3.05) is 12.4 Å². The lowest BCUT2D eigenvalue weighted by atomic mass is 10.1. The number of oxazole rings is 1. The molecule has 0 bridgehead atoms. The number of aromatic nitrogens is 1. The third-order valence-electron chi connectivity index (χ3n) is 4.46. The first-order chi connectivity index (χ1) is 14.5. The first-order valence-corrected chi connectivity index (χ1v) is 9.77. The van der Waals surface area contributed by atoms with E-state index in [1.165, 1.54) is 0 Å².